The molecule has 0 aliphatic carbocycles. The molecule has 1 fully saturated rings. The Bertz CT molecular complexity index is 866. The van der Waals surface area contributed by atoms with E-state index in [4.69, 9.17) is 4.74 Å². The molecule has 10 heteroatoms. The van der Waals surface area contributed by atoms with Gasteiger partial charge in [-0.3, -0.25) is 9.59 Å². The molecule has 2 rings (SSSR count). The van der Waals surface area contributed by atoms with Crippen LogP contribution < -0.4 is 10.6 Å². The van der Waals surface area contributed by atoms with E-state index < -0.39 is 29.7 Å². The summed E-state index contributed by atoms with van der Waals surface area (Å²) in [6, 6.07) is 7.69. The summed E-state index contributed by atoms with van der Waals surface area (Å²) in [6.45, 7) is 5.97. The van der Waals surface area contributed by atoms with Gasteiger partial charge in [0.05, 0.1) is 0 Å². The van der Waals surface area contributed by atoms with Gasteiger partial charge in [-0.1, -0.05) is 30.3 Å². The van der Waals surface area contributed by atoms with Gasteiger partial charge in [0.2, 0.25) is 11.8 Å². The standard InChI is InChI=1S/C25H37N3O6S/c1-25(2,3)34-24(33)27-20(16-17-8-6-5-7-9-17)22(30)28-13-10-18(11-14-28)21(29)26-19(23(31)32)12-15-35-4/h5-9,18-20H,10-16H2,1-4H3,(H,26,29)(H,27,33)(H,31,32). The van der Waals surface area contributed by atoms with Gasteiger partial charge in [-0.15, -0.1) is 0 Å². The molecule has 1 aromatic carbocycles. The number of carboxylic acid groups (broad SMARTS) is 1. The first-order valence-corrected chi connectivity index (χ1v) is 13.2. The van der Waals surface area contributed by atoms with Gasteiger partial charge in [-0.2, -0.15) is 11.8 Å². The number of carbonyl (C=O) groups is 4. The predicted octanol–water partition coefficient (Wildman–Crippen LogP) is 2.68. The monoisotopic (exact) mass is 507 g/mol. The van der Waals surface area contributed by atoms with Crippen molar-refractivity contribution in [3.63, 3.8) is 0 Å². The highest BCUT2D eigenvalue weighted by Gasteiger charge is 2.33. The minimum atomic E-state index is -1.04. The van der Waals surface area contributed by atoms with E-state index >= 15 is 0 Å². The number of thioether (sulfide) groups is 1. The molecular formula is C25H37N3O6S. The summed E-state index contributed by atoms with van der Waals surface area (Å²) >= 11 is 1.53. The van der Waals surface area contributed by atoms with Gasteiger partial charge in [0.25, 0.3) is 0 Å². The number of likely N-dealkylation sites (tertiary alicyclic amines) is 1. The lowest BCUT2D eigenvalue weighted by Crippen LogP contribution is -2.53. The zero-order valence-corrected chi connectivity index (χ0v) is 21.7. The SMILES string of the molecule is CSCCC(NC(=O)C1CCN(C(=O)C(Cc2ccccc2)NC(=O)OC(C)(C)C)CC1)C(=O)O. The van der Waals surface area contributed by atoms with Crippen molar-refractivity contribution in [3.8, 4) is 0 Å². The van der Waals surface area contributed by atoms with Crippen molar-refractivity contribution < 1.29 is 29.0 Å². The average Bonchev–Trinajstić information content (AvgIpc) is 2.80. The van der Waals surface area contributed by atoms with Crippen LogP contribution in [0.3, 0.4) is 0 Å². The third-order valence-corrected chi connectivity index (χ3v) is 6.32. The maximum Gasteiger partial charge on any atom is 0.408 e. The Balaban J connectivity index is 2.00. The number of nitrogens with zero attached hydrogens (tertiary/aromatic N) is 1. The lowest BCUT2D eigenvalue weighted by Gasteiger charge is -2.34. The van der Waals surface area contributed by atoms with Crippen LogP contribution in [-0.4, -0.2) is 76.7 Å². The van der Waals surface area contributed by atoms with E-state index in [-0.39, 0.29) is 17.7 Å². The van der Waals surface area contributed by atoms with Gasteiger partial charge in [-0.05, 0) is 57.6 Å². The van der Waals surface area contributed by atoms with Gasteiger partial charge in [0.1, 0.15) is 17.7 Å². The average molecular weight is 508 g/mol. The molecule has 2 atom stereocenters. The molecule has 0 spiro atoms. The van der Waals surface area contributed by atoms with E-state index in [2.05, 4.69) is 10.6 Å². The first kappa shape index (κ1) is 28.5. The minimum Gasteiger partial charge on any atom is -0.480 e. The Morgan fingerprint density at radius 2 is 1.71 bits per heavy atom. The maximum absolute atomic E-state index is 13.3. The summed E-state index contributed by atoms with van der Waals surface area (Å²) in [4.78, 5) is 51.5. The smallest absolute Gasteiger partial charge is 0.408 e. The molecule has 0 saturated carbocycles. The Hall–Kier alpha value is -2.75. The molecule has 1 aliphatic heterocycles. The van der Waals surface area contributed by atoms with Crippen LogP contribution >= 0.6 is 11.8 Å². The van der Waals surface area contributed by atoms with Crippen molar-refractivity contribution in [2.75, 3.05) is 25.1 Å². The van der Waals surface area contributed by atoms with Crippen molar-refractivity contribution in [3.05, 3.63) is 35.9 Å². The zero-order chi connectivity index (χ0) is 26.0. The number of piperidine rings is 1. The number of aliphatic carboxylic acids is 1. The number of rotatable bonds is 10. The van der Waals surface area contributed by atoms with Crippen LogP contribution in [0.15, 0.2) is 30.3 Å². The summed E-state index contributed by atoms with van der Waals surface area (Å²) in [5.74, 6) is -1.30. The van der Waals surface area contributed by atoms with Gasteiger partial charge in [0.15, 0.2) is 0 Å². The quantitative estimate of drug-likeness (QED) is 0.445. The first-order chi connectivity index (χ1) is 16.5. The molecule has 1 aromatic rings. The fraction of sp³-hybridized carbons (Fsp3) is 0.600. The molecule has 1 saturated heterocycles. The van der Waals surface area contributed by atoms with Gasteiger partial charge in [0, 0.05) is 25.4 Å². The Morgan fingerprint density at radius 3 is 2.26 bits per heavy atom. The van der Waals surface area contributed by atoms with E-state index in [9.17, 15) is 24.3 Å². The Labute approximate surface area is 211 Å². The van der Waals surface area contributed by atoms with Crippen LogP contribution in [0.1, 0.15) is 45.6 Å². The molecular weight excluding hydrogens is 470 g/mol. The molecule has 194 valence electrons. The summed E-state index contributed by atoms with van der Waals surface area (Å²) in [6.07, 6.45) is 2.75. The number of alkyl carbamates (subject to hydrolysis) is 1. The summed E-state index contributed by atoms with van der Waals surface area (Å²) in [5, 5.41) is 14.7. The lowest BCUT2D eigenvalue weighted by atomic mass is 9.94. The molecule has 1 aliphatic rings. The first-order valence-electron chi connectivity index (χ1n) is 11.8. The number of carboxylic acids is 1. The predicted molar refractivity (Wildman–Crippen MR) is 135 cm³/mol. The highest BCUT2D eigenvalue weighted by atomic mass is 32.2. The van der Waals surface area contributed by atoms with Gasteiger partial charge in [-0.25, -0.2) is 9.59 Å². The normalized spacial score (nSPS) is 16.2. The number of carbonyl (C=O) groups excluding carboxylic acids is 3. The zero-order valence-electron chi connectivity index (χ0n) is 20.9. The van der Waals surface area contributed by atoms with Gasteiger partial charge >= 0.3 is 12.1 Å². The number of hydrogen-bond donors (Lipinski definition) is 3. The van der Waals surface area contributed by atoms with Crippen molar-refractivity contribution in [1.82, 2.24) is 15.5 Å². The largest absolute Gasteiger partial charge is 0.480 e. The van der Waals surface area contributed by atoms with Crippen LogP contribution in [0.2, 0.25) is 0 Å². The van der Waals surface area contributed by atoms with E-state index in [0.29, 0.717) is 44.5 Å². The van der Waals surface area contributed by atoms with Crippen molar-refractivity contribution >= 4 is 35.6 Å². The van der Waals surface area contributed by atoms with Crippen LogP contribution in [0, 0.1) is 5.92 Å². The number of amides is 3. The molecule has 2 unspecified atom stereocenters. The molecule has 0 radical (unpaired) electrons. The van der Waals surface area contributed by atoms with Gasteiger partial charge < -0.3 is 25.4 Å². The van der Waals surface area contributed by atoms with Crippen LogP contribution in [-0.2, 0) is 25.5 Å². The summed E-state index contributed by atoms with van der Waals surface area (Å²) in [7, 11) is 0. The van der Waals surface area contributed by atoms with E-state index in [0.717, 1.165) is 5.56 Å². The third-order valence-electron chi connectivity index (χ3n) is 5.67. The fourth-order valence-electron chi connectivity index (χ4n) is 3.86. The molecule has 3 N–H and O–H groups in total. The Morgan fingerprint density at radius 1 is 1.09 bits per heavy atom. The lowest BCUT2D eigenvalue weighted by molar-refractivity contribution is -0.143. The highest BCUT2D eigenvalue weighted by Crippen LogP contribution is 2.20. The second kappa shape index (κ2) is 13.4. The second-order valence-electron chi connectivity index (χ2n) is 9.67. The molecule has 35 heavy (non-hydrogen) atoms. The number of hydrogen-bond acceptors (Lipinski definition) is 6. The topological polar surface area (TPSA) is 125 Å². The van der Waals surface area contributed by atoms with Crippen LogP contribution in [0.5, 0.6) is 0 Å². The maximum atomic E-state index is 13.3. The van der Waals surface area contributed by atoms with E-state index in [1.807, 2.05) is 36.6 Å². The van der Waals surface area contributed by atoms with E-state index in [1.165, 1.54) is 11.8 Å². The minimum absolute atomic E-state index is 0.234. The van der Waals surface area contributed by atoms with Crippen LogP contribution in [0.4, 0.5) is 4.79 Å². The van der Waals surface area contributed by atoms with Crippen molar-refractivity contribution in [1.29, 1.82) is 0 Å². The number of ether oxygens (including phenoxy) is 1. The third kappa shape index (κ3) is 9.79. The number of nitrogens with one attached hydrogen (secondary N) is 2. The summed E-state index contributed by atoms with van der Waals surface area (Å²) < 4.78 is 5.35. The van der Waals surface area contributed by atoms with Crippen molar-refractivity contribution in [2.24, 2.45) is 5.92 Å². The molecule has 1 heterocycles. The molecule has 9 nitrogen and oxygen atoms in total. The highest BCUT2D eigenvalue weighted by molar-refractivity contribution is 7.98. The second-order valence-corrected chi connectivity index (χ2v) is 10.7. The molecule has 0 aromatic heterocycles. The fourth-order valence-corrected chi connectivity index (χ4v) is 4.34. The Kier molecular flexibility index (Phi) is 10.9. The van der Waals surface area contributed by atoms with Crippen molar-refractivity contribution in [2.45, 2.75) is 64.1 Å². The van der Waals surface area contributed by atoms with Crippen LogP contribution in [0.25, 0.3) is 0 Å². The summed E-state index contributed by atoms with van der Waals surface area (Å²) in [5.41, 5.74) is 0.209. The molecule has 0 bridgehead atoms. The molecule has 3 amide bonds. The van der Waals surface area contributed by atoms with E-state index in [1.54, 1.807) is 25.7 Å². The number of benzene rings is 1.